The van der Waals surface area contributed by atoms with E-state index in [9.17, 15) is 9.18 Å². The highest BCUT2D eigenvalue weighted by atomic mass is 19.1. The first kappa shape index (κ1) is 23.7. The maximum absolute atomic E-state index is 13.9. The SMILES string of the molecule is O=C(c1cnc(-c2ccc3c(c2)OCO3)nc1Nc1cccc(F)c1)N1CCC(N2CCCCC2)CC1. The number of amides is 1. The topological polar surface area (TPSA) is 79.8 Å². The largest absolute Gasteiger partial charge is 0.454 e. The number of benzene rings is 2. The quantitative estimate of drug-likeness (QED) is 0.533. The summed E-state index contributed by atoms with van der Waals surface area (Å²) in [6, 6.07) is 12.1. The molecule has 4 heterocycles. The molecule has 0 aliphatic carbocycles. The lowest BCUT2D eigenvalue weighted by molar-refractivity contribution is 0.0590. The summed E-state index contributed by atoms with van der Waals surface area (Å²) in [6.07, 6.45) is 7.34. The number of aromatic nitrogens is 2. The highest BCUT2D eigenvalue weighted by Gasteiger charge is 2.30. The van der Waals surface area contributed by atoms with Crippen molar-refractivity contribution in [3.05, 3.63) is 60.0 Å². The number of carbonyl (C=O) groups is 1. The molecular weight excluding hydrogens is 473 g/mol. The number of nitrogens with zero attached hydrogens (tertiary/aromatic N) is 4. The van der Waals surface area contributed by atoms with Gasteiger partial charge in [-0.3, -0.25) is 4.79 Å². The number of hydrogen-bond acceptors (Lipinski definition) is 7. The van der Waals surface area contributed by atoms with Crippen molar-refractivity contribution in [3.8, 4) is 22.9 Å². The number of likely N-dealkylation sites (tertiary alicyclic amines) is 2. The lowest BCUT2D eigenvalue weighted by Crippen LogP contribution is -2.48. The first-order valence-electron chi connectivity index (χ1n) is 13.0. The molecule has 0 atom stereocenters. The van der Waals surface area contributed by atoms with Gasteiger partial charge in [-0.2, -0.15) is 0 Å². The Balaban J connectivity index is 1.26. The van der Waals surface area contributed by atoms with E-state index in [1.165, 1.54) is 31.4 Å². The zero-order valence-corrected chi connectivity index (χ0v) is 20.7. The minimum Gasteiger partial charge on any atom is -0.454 e. The first-order valence-corrected chi connectivity index (χ1v) is 13.0. The molecule has 3 aliphatic rings. The van der Waals surface area contributed by atoms with Crippen molar-refractivity contribution in [2.75, 3.05) is 38.3 Å². The van der Waals surface area contributed by atoms with Crippen LogP contribution in [-0.4, -0.2) is 64.7 Å². The van der Waals surface area contributed by atoms with E-state index in [4.69, 9.17) is 14.5 Å². The van der Waals surface area contributed by atoms with Crippen LogP contribution in [0.25, 0.3) is 11.4 Å². The molecule has 192 valence electrons. The van der Waals surface area contributed by atoms with Gasteiger partial charge in [-0.1, -0.05) is 12.5 Å². The van der Waals surface area contributed by atoms with Crippen LogP contribution in [0, 0.1) is 5.82 Å². The summed E-state index contributed by atoms with van der Waals surface area (Å²) in [7, 11) is 0. The van der Waals surface area contributed by atoms with Crippen LogP contribution in [0.15, 0.2) is 48.7 Å². The van der Waals surface area contributed by atoms with E-state index in [-0.39, 0.29) is 18.5 Å². The van der Waals surface area contributed by atoms with Gasteiger partial charge in [0.1, 0.15) is 17.2 Å². The Bertz CT molecular complexity index is 1290. The van der Waals surface area contributed by atoms with Crippen molar-refractivity contribution in [1.29, 1.82) is 0 Å². The summed E-state index contributed by atoms with van der Waals surface area (Å²) < 4.78 is 24.8. The van der Waals surface area contributed by atoms with Crippen LogP contribution >= 0.6 is 0 Å². The van der Waals surface area contributed by atoms with Gasteiger partial charge in [-0.25, -0.2) is 14.4 Å². The predicted molar refractivity (Wildman–Crippen MR) is 138 cm³/mol. The predicted octanol–water partition coefficient (Wildman–Crippen LogP) is 4.85. The van der Waals surface area contributed by atoms with Crippen molar-refractivity contribution in [2.24, 2.45) is 0 Å². The average molecular weight is 504 g/mol. The van der Waals surface area contributed by atoms with E-state index in [1.807, 2.05) is 23.1 Å². The number of fused-ring (bicyclic) bond motifs is 1. The molecule has 0 radical (unpaired) electrons. The number of carbonyl (C=O) groups excluding carboxylic acids is 1. The Morgan fingerprint density at radius 3 is 2.59 bits per heavy atom. The number of ether oxygens (including phenoxy) is 2. The van der Waals surface area contributed by atoms with Crippen LogP contribution < -0.4 is 14.8 Å². The molecule has 9 heteroatoms. The van der Waals surface area contributed by atoms with Crippen LogP contribution in [0.3, 0.4) is 0 Å². The smallest absolute Gasteiger partial charge is 0.259 e. The van der Waals surface area contributed by atoms with Gasteiger partial charge in [-0.15, -0.1) is 0 Å². The molecule has 8 nitrogen and oxygen atoms in total. The molecule has 0 spiro atoms. The van der Waals surface area contributed by atoms with E-state index in [0.29, 0.717) is 53.5 Å². The van der Waals surface area contributed by atoms with Gasteiger partial charge in [-0.05, 0) is 75.2 Å². The van der Waals surface area contributed by atoms with Crippen LogP contribution in [0.4, 0.5) is 15.9 Å². The molecule has 3 aliphatic heterocycles. The maximum atomic E-state index is 13.9. The van der Waals surface area contributed by atoms with Crippen molar-refractivity contribution >= 4 is 17.4 Å². The number of nitrogens with one attached hydrogen (secondary N) is 1. The molecule has 2 aromatic carbocycles. The second-order valence-corrected chi connectivity index (χ2v) is 9.78. The molecule has 2 fully saturated rings. The van der Waals surface area contributed by atoms with Crippen molar-refractivity contribution in [3.63, 3.8) is 0 Å². The van der Waals surface area contributed by atoms with Gasteiger partial charge in [0.25, 0.3) is 5.91 Å². The normalized spacial score (nSPS) is 18.1. The summed E-state index contributed by atoms with van der Waals surface area (Å²) >= 11 is 0. The van der Waals surface area contributed by atoms with Gasteiger partial charge >= 0.3 is 0 Å². The van der Waals surface area contributed by atoms with Crippen molar-refractivity contribution in [1.82, 2.24) is 19.8 Å². The molecule has 0 unspecified atom stereocenters. The molecule has 37 heavy (non-hydrogen) atoms. The number of halogens is 1. The second-order valence-electron chi connectivity index (χ2n) is 9.78. The molecule has 6 rings (SSSR count). The number of anilines is 2. The zero-order valence-electron chi connectivity index (χ0n) is 20.7. The van der Waals surface area contributed by atoms with Crippen LogP contribution in [-0.2, 0) is 0 Å². The lowest BCUT2D eigenvalue weighted by atomic mass is 9.99. The van der Waals surface area contributed by atoms with Crippen molar-refractivity contribution < 1.29 is 18.7 Å². The van der Waals surface area contributed by atoms with Gasteiger partial charge in [0.15, 0.2) is 17.3 Å². The maximum Gasteiger partial charge on any atom is 0.259 e. The fraction of sp³-hybridized carbons (Fsp3) is 0.393. The Hall–Kier alpha value is -3.72. The fourth-order valence-electron chi connectivity index (χ4n) is 5.40. The summed E-state index contributed by atoms with van der Waals surface area (Å²) in [5.41, 5.74) is 1.60. The molecule has 0 bridgehead atoms. The van der Waals surface area contributed by atoms with Gasteiger partial charge in [0, 0.05) is 36.6 Å². The fourth-order valence-corrected chi connectivity index (χ4v) is 5.40. The van der Waals surface area contributed by atoms with E-state index >= 15 is 0 Å². The van der Waals surface area contributed by atoms with E-state index < -0.39 is 0 Å². The Labute approximate surface area is 215 Å². The lowest BCUT2D eigenvalue weighted by Gasteiger charge is -2.40. The Kier molecular flexibility index (Phi) is 6.61. The molecular formula is C28H30FN5O3. The van der Waals surface area contributed by atoms with Crippen LogP contribution in [0.2, 0.25) is 0 Å². The highest BCUT2D eigenvalue weighted by Crippen LogP contribution is 2.35. The zero-order chi connectivity index (χ0) is 25.2. The minimum atomic E-state index is -0.372. The highest BCUT2D eigenvalue weighted by molar-refractivity contribution is 5.99. The third-order valence-electron chi connectivity index (χ3n) is 7.40. The molecule has 3 aromatic rings. The number of rotatable bonds is 5. The number of hydrogen-bond donors (Lipinski definition) is 1. The molecule has 1 N–H and O–H groups in total. The Morgan fingerprint density at radius 1 is 0.973 bits per heavy atom. The van der Waals surface area contributed by atoms with Crippen LogP contribution in [0.1, 0.15) is 42.5 Å². The van der Waals surface area contributed by atoms with E-state index in [2.05, 4.69) is 15.2 Å². The first-order chi connectivity index (χ1) is 18.1. The monoisotopic (exact) mass is 503 g/mol. The average Bonchev–Trinajstić information content (AvgIpc) is 3.41. The van der Waals surface area contributed by atoms with Crippen LogP contribution in [0.5, 0.6) is 11.5 Å². The van der Waals surface area contributed by atoms with E-state index in [1.54, 1.807) is 18.3 Å². The summed E-state index contributed by atoms with van der Waals surface area (Å²) in [6.45, 7) is 3.89. The summed E-state index contributed by atoms with van der Waals surface area (Å²) in [4.78, 5) is 27.3. The molecule has 1 amide bonds. The summed E-state index contributed by atoms with van der Waals surface area (Å²) in [5, 5.41) is 3.15. The third-order valence-corrected chi connectivity index (χ3v) is 7.40. The van der Waals surface area contributed by atoms with Gasteiger partial charge in [0.2, 0.25) is 6.79 Å². The molecule has 1 aromatic heterocycles. The van der Waals surface area contributed by atoms with Crippen molar-refractivity contribution in [2.45, 2.75) is 38.1 Å². The number of piperidine rings is 2. The third kappa shape index (κ3) is 5.09. The molecule has 2 saturated heterocycles. The van der Waals surface area contributed by atoms with Gasteiger partial charge < -0.3 is 24.6 Å². The standard InChI is InChI=1S/C28H30FN5O3/c29-20-5-4-6-21(16-20)31-27-23(17-30-26(32-27)19-7-8-24-25(15-19)37-18-36-24)28(35)34-13-9-22(10-14-34)33-11-2-1-3-12-33/h4-8,15-17,22H,1-3,9-14,18H2,(H,30,31,32). The Morgan fingerprint density at radius 2 is 1.78 bits per heavy atom. The van der Waals surface area contributed by atoms with E-state index in [0.717, 1.165) is 31.5 Å². The minimum absolute atomic E-state index is 0.117. The van der Waals surface area contributed by atoms with Gasteiger partial charge in [0.05, 0.1) is 0 Å². The molecule has 0 saturated carbocycles. The summed E-state index contributed by atoms with van der Waals surface area (Å²) in [5.74, 6) is 1.57. The second kappa shape index (κ2) is 10.3.